The Morgan fingerprint density at radius 2 is 1.60 bits per heavy atom. The molecule has 2 aliphatic heterocycles. The summed E-state index contributed by atoms with van der Waals surface area (Å²) >= 11 is 0. The van der Waals surface area contributed by atoms with Crippen molar-refractivity contribution in [1.82, 2.24) is 4.90 Å². The standard InChI is InChI=1S/C28H29N3O4/c1-27(2,3)26(32)22-21(19-11-12-20(33-4)24(35-6)23(19)34-5)28(15-29,16-30)25-18-10-8-7-9-17(18)13-14-31(22)25/h7-14,21-22,25H,1-6H3. The first kappa shape index (κ1) is 24.2. The van der Waals surface area contributed by atoms with Crippen LogP contribution in [0.2, 0.25) is 0 Å². The van der Waals surface area contributed by atoms with Crippen LogP contribution in [0.4, 0.5) is 0 Å². The molecule has 3 atom stereocenters. The molecule has 7 nitrogen and oxygen atoms in total. The van der Waals surface area contributed by atoms with Crippen molar-refractivity contribution in [3.05, 3.63) is 59.3 Å². The summed E-state index contributed by atoms with van der Waals surface area (Å²) in [6, 6.07) is 14.5. The number of rotatable bonds is 5. The smallest absolute Gasteiger partial charge is 0.203 e. The molecule has 0 spiro atoms. The lowest BCUT2D eigenvalue weighted by atomic mass is 9.66. The lowest BCUT2D eigenvalue weighted by Gasteiger charge is -2.36. The summed E-state index contributed by atoms with van der Waals surface area (Å²) in [7, 11) is 4.52. The van der Waals surface area contributed by atoms with E-state index in [2.05, 4.69) is 12.1 Å². The van der Waals surface area contributed by atoms with E-state index in [9.17, 15) is 15.3 Å². The molecule has 3 unspecified atom stereocenters. The van der Waals surface area contributed by atoms with Crippen LogP contribution in [0, 0.1) is 33.5 Å². The van der Waals surface area contributed by atoms with Crippen molar-refractivity contribution in [1.29, 1.82) is 10.5 Å². The maximum Gasteiger partial charge on any atom is 0.203 e. The number of carbonyl (C=O) groups excluding carboxylic acids is 1. The topological polar surface area (TPSA) is 95.6 Å². The third-order valence-electron chi connectivity index (χ3n) is 7.02. The molecule has 2 aromatic carbocycles. The van der Waals surface area contributed by atoms with Crippen molar-refractivity contribution < 1.29 is 19.0 Å². The molecule has 0 saturated carbocycles. The number of hydrogen-bond acceptors (Lipinski definition) is 7. The van der Waals surface area contributed by atoms with E-state index < -0.39 is 28.8 Å². The van der Waals surface area contributed by atoms with Crippen LogP contribution in [0.5, 0.6) is 17.2 Å². The number of nitriles is 2. The van der Waals surface area contributed by atoms with E-state index in [-0.39, 0.29) is 5.78 Å². The Labute approximate surface area is 206 Å². The molecule has 1 fully saturated rings. The van der Waals surface area contributed by atoms with Gasteiger partial charge in [-0.15, -0.1) is 0 Å². The van der Waals surface area contributed by atoms with Gasteiger partial charge in [0, 0.05) is 23.1 Å². The normalized spacial score (nSPS) is 21.8. The van der Waals surface area contributed by atoms with Gasteiger partial charge in [-0.05, 0) is 23.3 Å². The van der Waals surface area contributed by atoms with E-state index in [4.69, 9.17) is 14.2 Å². The van der Waals surface area contributed by atoms with Gasteiger partial charge in [0.05, 0.1) is 45.6 Å². The Morgan fingerprint density at radius 1 is 0.943 bits per heavy atom. The third-order valence-corrected chi connectivity index (χ3v) is 7.02. The highest BCUT2D eigenvalue weighted by Crippen LogP contribution is 2.62. The zero-order valence-corrected chi connectivity index (χ0v) is 20.8. The molecule has 180 valence electrons. The van der Waals surface area contributed by atoms with E-state index in [0.29, 0.717) is 22.8 Å². The second kappa shape index (κ2) is 8.67. The summed E-state index contributed by atoms with van der Waals surface area (Å²) in [5, 5.41) is 21.3. The van der Waals surface area contributed by atoms with E-state index in [0.717, 1.165) is 11.1 Å². The van der Waals surface area contributed by atoms with Gasteiger partial charge in [-0.1, -0.05) is 51.1 Å². The fraction of sp³-hybridized carbons (Fsp3) is 0.393. The van der Waals surface area contributed by atoms with Crippen molar-refractivity contribution in [3.8, 4) is 29.4 Å². The van der Waals surface area contributed by atoms with Gasteiger partial charge in [0.2, 0.25) is 5.75 Å². The molecule has 2 heterocycles. The summed E-state index contributed by atoms with van der Waals surface area (Å²) in [6.45, 7) is 5.56. The number of benzene rings is 2. The molecule has 0 radical (unpaired) electrons. The zero-order chi connectivity index (χ0) is 25.5. The van der Waals surface area contributed by atoms with Gasteiger partial charge in [0.25, 0.3) is 0 Å². The molecular formula is C28H29N3O4. The number of nitrogens with zero attached hydrogens (tertiary/aromatic N) is 3. The molecule has 0 N–H and O–H groups in total. The number of ketones is 1. The number of hydrogen-bond donors (Lipinski definition) is 0. The predicted molar refractivity (Wildman–Crippen MR) is 131 cm³/mol. The van der Waals surface area contributed by atoms with Gasteiger partial charge < -0.3 is 19.1 Å². The Balaban J connectivity index is 2.09. The number of carbonyl (C=O) groups is 1. The fourth-order valence-corrected chi connectivity index (χ4v) is 5.45. The summed E-state index contributed by atoms with van der Waals surface area (Å²) in [6.07, 6.45) is 3.78. The quantitative estimate of drug-likeness (QED) is 0.615. The maximum absolute atomic E-state index is 14.0. The van der Waals surface area contributed by atoms with Gasteiger partial charge in [-0.2, -0.15) is 10.5 Å². The summed E-state index contributed by atoms with van der Waals surface area (Å²) in [5.74, 6) is 0.253. The van der Waals surface area contributed by atoms with Crippen molar-refractivity contribution in [2.75, 3.05) is 21.3 Å². The van der Waals surface area contributed by atoms with Crippen LogP contribution in [0.25, 0.3) is 6.08 Å². The minimum atomic E-state index is -1.58. The molecule has 2 aliphatic rings. The highest BCUT2D eigenvalue weighted by Gasteiger charge is 2.65. The molecular weight excluding hydrogens is 442 g/mol. The number of fused-ring (bicyclic) bond motifs is 3. The van der Waals surface area contributed by atoms with Crippen molar-refractivity contribution in [2.24, 2.45) is 10.8 Å². The summed E-state index contributed by atoms with van der Waals surface area (Å²) in [4.78, 5) is 15.9. The van der Waals surface area contributed by atoms with Gasteiger partial charge in [0.15, 0.2) is 22.7 Å². The van der Waals surface area contributed by atoms with Crippen molar-refractivity contribution >= 4 is 11.9 Å². The van der Waals surface area contributed by atoms with Crippen LogP contribution in [-0.2, 0) is 4.79 Å². The maximum atomic E-state index is 14.0. The Kier molecular flexibility index (Phi) is 5.99. The van der Waals surface area contributed by atoms with E-state index in [1.165, 1.54) is 21.3 Å². The molecule has 4 rings (SSSR count). The van der Waals surface area contributed by atoms with Crippen LogP contribution in [0.3, 0.4) is 0 Å². The van der Waals surface area contributed by atoms with Gasteiger partial charge in [-0.25, -0.2) is 0 Å². The molecule has 0 amide bonds. The summed E-state index contributed by atoms with van der Waals surface area (Å²) in [5.41, 5.74) is 0.0101. The van der Waals surface area contributed by atoms with Crippen LogP contribution < -0.4 is 14.2 Å². The van der Waals surface area contributed by atoms with E-state index in [1.54, 1.807) is 12.1 Å². The Bertz CT molecular complexity index is 1260. The molecule has 1 saturated heterocycles. The first-order chi connectivity index (χ1) is 16.7. The van der Waals surface area contributed by atoms with E-state index >= 15 is 0 Å². The minimum Gasteiger partial charge on any atom is -0.493 e. The van der Waals surface area contributed by atoms with Crippen LogP contribution in [-0.4, -0.2) is 38.1 Å². The van der Waals surface area contributed by atoms with E-state index in [1.807, 2.05) is 62.2 Å². The number of ether oxygens (including phenoxy) is 3. The Morgan fingerprint density at radius 3 is 2.17 bits per heavy atom. The predicted octanol–water partition coefficient (Wildman–Crippen LogP) is 4.85. The second-order valence-electron chi connectivity index (χ2n) is 9.85. The molecule has 2 aromatic rings. The second-order valence-corrected chi connectivity index (χ2v) is 9.85. The van der Waals surface area contributed by atoms with Gasteiger partial charge in [-0.3, -0.25) is 4.79 Å². The zero-order valence-electron chi connectivity index (χ0n) is 20.8. The first-order valence-electron chi connectivity index (χ1n) is 11.4. The lowest BCUT2D eigenvalue weighted by molar-refractivity contribution is -0.130. The molecule has 0 bridgehead atoms. The van der Waals surface area contributed by atoms with Crippen molar-refractivity contribution in [2.45, 2.75) is 38.8 Å². The first-order valence-corrected chi connectivity index (χ1v) is 11.4. The molecule has 0 aromatic heterocycles. The number of Topliss-reactive ketones (excluding diaryl/α,β-unsaturated/α-hetero) is 1. The molecule has 7 heteroatoms. The molecule has 35 heavy (non-hydrogen) atoms. The third kappa shape index (κ3) is 3.42. The monoisotopic (exact) mass is 471 g/mol. The largest absolute Gasteiger partial charge is 0.493 e. The minimum absolute atomic E-state index is 0.0688. The Hall–Kier alpha value is -3.97. The van der Waals surface area contributed by atoms with Gasteiger partial charge in [0.1, 0.15) is 0 Å². The van der Waals surface area contributed by atoms with Crippen LogP contribution >= 0.6 is 0 Å². The van der Waals surface area contributed by atoms with Crippen LogP contribution in [0.15, 0.2) is 42.6 Å². The average Bonchev–Trinajstić information content (AvgIpc) is 3.17. The highest BCUT2D eigenvalue weighted by molar-refractivity contribution is 5.91. The van der Waals surface area contributed by atoms with Gasteiger partial charge >= 0.3 is 0 Å². The number of methoxy groups -OCH3 is 3. The fourth-order valence-electron chi connectivity index (χ4n) is 5.45. The lowest BCUT2D eigenvalue weighted by Crippen LogP contribution is -2.43. The summed E-state index contributed by atoms with van der Waals surface area (Å²) < 4.78 is 16.8. The average molecular weight is 472 g/mol. The highest BCUT2D eigenvalue weighted by atomic mass is 16.5. The molecule has 0 aliphatic carbocycles. The SMILES string of the molecule is COc1ccc(C2C(C(=O)C(C)(C)C)N3C=Cc4ccccc4C3C2(C#N)C#N)c(OC)c1OC. The van der Waals surface area contributed by atoms with Crippen molar-refractivity contribution in [3.63, 3.8) is 0 Å². The van der Waals surface area contributed by atoms with Crippen LogP contribution in [0.1, 0.15) is 49.4 Å².